The highest BCUT2D eigenvalue weighted by Gasteiger charge is 2.22. The van der Waals surface area contributed by atoms with Gasteiger partial charge in [0.1, 0.15) is 5.82 Å². The molecule has 29 heavy (non-hydrogen) atoms. The van der Waals surface area contributed by atoms with Crippen molar-refractivity contribution in [2.45, 2.75) is 13.3 Å². The second-order valence-electron chi connectivity index (χ2n) is 7.22. The number of morpholine rings is 1. The summed E-state index contributed by atoms with van der Waals surface area (Å²) in [6.07, 6.45) is 0.221. The number of rotatable bonds is 6. The van der Waals surface area contributed by atoms with Crippen molar-refractivity contribution in [3.63, 3.8) is 0 Å². The van der Waals surface area contributed by atoms with E-state index in [-0.39, 0.29) is 18.1 Å². The van der Waals surface area contributed by atoms with E-state index >= 15 is 0 Å². The van der Waals surface area contributed by atoms with Crippen LogP contribution in [0.3, 0.4) is 0 Å². The quantitative estimate of drug-likeness (QED) is 0.619. The number of thiazole rings is 1. The van der Waals surface area contributed by atoms with Gasteiger partial charge < -0.3 is 4.74 Å². The molecule has 7 heteroatoms. The van der Waals surface area contributed by atoms with Crippen LogP contribution in [-0.2, 0) is 16.0 Å². The van der Waals surface area contributed by atoms with E-state index in [1.54, 1.807) is 17.0 Å². The number of anilines is 1. The van der Waals surface area contributed by atoms with Crippen molar-refractivity contribution in [1.82, 2.24) is 9.88 Å². The molecule has 2 heterocycles. The lowest BCUT2D eigenvalue weighted by atomic mass is 10.1. The molecule has 0 atom stereocenters. The van der Waals surface area contributed by atoms with Crippen LogP contribution < -0.4 is 4.90 Å². The van der Waals surface area contributed by atoms with E-state index in [9.17, 15) is 9.18 Å². The molecule has 3 aromatic rings. The van der Waals surface area contributed by atoms with E-state index in [2.05, 4.69) is 4.90 Å². The molecule has 0 saturated carbocycles. The van der Waals surface area contributed by atoms with Crippen LogP contribution in [0.5, 0.6) is 0 Å². The van der Waals surface area contributed by atoms with Crippen LogP contribution in [0.15, 0.2) is 42.5 Å². The van der Waals surface area contributed by atoms with Crippen molar-refractivity contribution in [2.75, 3.05) is 44.3 Å². The molecule has 0 spiro atoms. The van der Waals surface area contributed by atoms with Crippen LogP contribution in [0.25, 0.3) is 10.2 Å². The van der Waals surface area contributed by atoms with Gasteiger partial charge in [0.05, 0.1) is 29.9 Å². The Kier molecular flexibility index (Phi) is 6.18. The number of amides is 1. The Morgan fingerprint density at radius 3 is 2.69 bits per heavy atom. The van der Waals surface area contributed by atoms with Gasteiger partial charge in [0.2, 0.25) is 5.91 Å². The van der Waals surface area contributed by atoms with Crippen LogP contribution >= 0.6 is 11.3 Å². The van der Waals surface area contributed by atoms with Crippen molar-refractivity contribution in [3.8, 4) is 0 Å². The molecule has 0 bridgehead atoms. The maximum atomic E-state index is 13.2. The Balaban J connectivity index is 1.57. The second kappa shape index (κ2) is 8.98. The second-order valence-corrected chi connectivity index (χ2v) is 8.23. The normalized spacial score (nSPS) is 15.0. The number of ether oxygens (including phenoxy) is 1. The smallest absolute Gasteiger partial charge is 0.233 e. The summed E-state index contributed by atoms with van der Waals surface area (Å²) in [5.41, 5.74) is 2.84. The predicted octanol–water partition coefficient (Wildman–Crippen LogP) is 3.65. The number of nitrogens with zero attached hydrogens (tertiary/aromatic N) is 3. The summed E-state index contributed by atoms with van der Waals surface area (Å²) in [6.45, 7) is 6.57. The molecule has 1 saturated heterocycles. The first-order chi connectivity index (χ1) is 14.1. The number of para-hydroxylation sites is 1. The Labute approximate surface area is 173 Å². The lowest BCUT2D eigenvalue weighted by Crippen LogP contribution is -2.43. The fraction of sp³-hybridized carbons (Fsp3) is 0.364. The molecule has 0 radical (unpaired) electrons. The zero-order valence-corrected chi connectivity index (χ0v) is 17.3. The zero-order chi connectivity index (χ0) is 20.2. The predicted molar refractivity (Wildman–Crippen MR) is 114 cm³/mol. The molecule has 0 unspecified atom stereocenters. The SMILES string of the molecule is Cc1cccc2sc(N(CCN3CCOCC3)C(=O)Cc3ccc(F)cc3)nc12. The first kappa shape index (κ1) is 19.9. The third-order valence-corrected chi connectivity index (χ3v) is 6.20. The van der Waals surface area contributed by atoms with E-state index in [1.165, 1.54) is 23.5 Å². The van der Waals surface area contributed by atoms with Crippen LogP contribution in [0.2, 0.25) is 0 Å². The fourth-order valence-electron chi connectivity index (χ4n) is 3.46. The summed E-state index contributed by atoms with van der Waals surface area (Å²) < 4.78 is 19.7. The fourth-order valence-corrected chi connectivity index (χ4v) is 4.54. The summed E-state index contributed by atoms with van der Waals surface area (Å²) in [4.78, 5) is 22.0. The zero-order valence-electron chi connectivity index (χ0n) is 16.4. The number of fused-ring (bicyclic) bond motifs is 1. The van der Waals surface area contributed by atoms with Crippen LogP contribution in [0.4, 0.5) is 9.52 Å². The minimum Gasteiger partial charge on any atom is -0.379 e. The van der Waals surface area contributed by atoms with Crippen LogP contribution in [0.1, 0.15) is 11.1 Å². The molecular formula is C22H24FN3O2S. The van der Waals surface area contributed by atoms with Crippen LogP contribution in [0, 0.1) is 12.7 Å². The van der Waals surface area contributed by atoms with Gasteiger partial charge in [-0.05, 0) is 36.2 Å². The highest BCUT2D eigenvalue weighted by atomic mass is 32.1. The van der Waals surface area contributed by atoms with E-state index in [0.717, 1.165) is 59.3 Å². The number of carbonyl (C=O) groups is 1. The topological polar surface area (TPSA) is 45.7 Å². The number of benzene rings is 2. The van der Waals surface area contributed by atoms with E-state index in [1.807, 2.05) is 25.1 Å². The van der Waals surface area contributed by atoms with E-state index in [0.29, 0.717) is 6.54 Å². The minimum absolute atomic E-state index is 0.0263. The van der Waals surface area contributed by atoms with Gasteiger partial charge in [-0.3, -0.25) is 14.6 Å². The van der Waals surface area contributed by atoms with Crippen molar-refractivity contribution < 1.29 is 13.9 Å². The van der Waals surface area contributed by atoms with Crippen molar-refractivity contribution >= 4 is 32.6 Å². The summed E-state index contributed by atoms with van der Waals surface area (Å²) in [5.74, 6) is -0.325. The monoisotopic (exact) mass is 413 g/mol. The van der Waals surface area contributed by atoms with Gasteiger partial charge in [0.15, 0.2) is 5.13 Å². The Morgan fingerprint density at radius 2 is 1.97 bits per heavy atom. The largest absolute Gasteiger partial charge is 0.379 e. The molecule has 1 aliphatic rings. The third kappa shape index (κ3) is 4.80. The molecule has 1 amide bonds. The van der Waals surface area contributed by atoms with Gasteiger partial charge in [-0.15, -0.1) is 0 Å². The molecule has 5 nitrogen and oxygen atoms in total. The molecule has 2 aromatic carbocycles. The summed E-state index contributed by atoms with van der Waals surface area (Å²) in [7, 11) is 0. The lowest BCUT2D eigenvalue weighted by molar-refractivity contribution is -0.118. The molecular weight excluding hydrogens is 389 g/mol. The molecule has 152 valence electrons. The molecule has 1 fully saturated rings. The van der Waals surface area contributed by atoms with Crippen molar-refractivity contribution in [1.29, 1.82) is 0 Å². The standard InChI is InChI=1S/C22H24FN3O2S/c1-16-3-2-4-19-21(16)24-22(29-19)26(10-9-25-11-13-28-14-12-25)20(27)15-17-5-7-18(23)8-6-17/h2-8H,9-15H2,1H3. The molecule has 0 N–H and O–H groups in total. The average Bonchev–Trinajstić information content (AvgIpc) is 3.16. The number of aryl methyl sites for hydroxylation is 1. The summed E-state index contributed by atoms with van der Waals surface area (Å²) in [6, 6.07) is 12.2. The van der Waals surface area contributed by atoms with Crippen molar-refractivity contribution in [2.24, 2.45) is 0 Å². The number of carbonyl (C=O) groups excluding carboxylic acids is 1. The van der Waals surface area contributed by atoms with Gasteiger partial charge >= 0.3 is 0 Å². The summed E-state index contributed by atoms with van der Waals surface area (Å²) in [5, 5.41) is 0.717. The van der Waals surface area contributed by atoms with Gasteiger partial charge in [0, 0.05) is 26.2 Å². The maximum Gasteiger partial charge on any atom is 0.233 e. The Bertz CT molecular complexity index is 983. The number of hydrogen-bond donors (Lipinski definition) is 0. The Morgan fingerprint density at radius 1 is 1.21 bits per heavy atom. The number of aromatic nitrogens is 1. The number of halogens is 1. The van der Waals surface area contributed by atoms with Gasteiger partial charge in [-0.25, -0.2) is 9.37 Å². The molecule has 1 aromatic heterocycles. The van der Waals surface area contributed by atoms with Gasteiger partial charge in [-0.1, -0.05) is 35.6 Å². The highest BCUT2D eigenvalue weighted by molar-refractivity contribution is 7.22. The minimum atomic E-state index is -0.299. The Hall–Kier alpha value is -2.35. The van der Waals surface area contributed by atoms with Crippen LogP contribution in [-0.4, -0.2) is 55.2 Å². The summed E-state index contributed by atoms with van der Waals surface area (Å²) >= 11 is 1.54. The first-order valence-electron chi connectivity index (χ1n) is 9.81. The number of hydrogen-bond acceptors (Lipinski definition) is 5. The van der Waals surface area contributed by atoms with Gasteiger partial charge in [0.25, 0.3) is 0 Å². The lowest BCUT2D eigenvalue weighted by Gasteiger charge is -2.29. The molecule has 0 aliphatic carbocycles. The van der Waals surface area contributed by atoms with E-state index in [4.69, 9.17) is 9.72 Å². The first-order valence-corrected chi connectivity index (χ1v) is 10.6. The van der Waals surface area contributed by atoms with E-state index < -0.39 is 0 Å². The molecule has 1 aliphatic heterocycles. The highest BCUT2D eigenvalue weighted by Crippen LogP contribution is 2.31. The third-order valence-electron chi connectivity index (χ3n) is 5.15. The van der Waals surface area contributed by atoms with Crippen molar-refractivity contribution in [3.05, 3.63) is 59.4 Å². The average molecular weight is 414 g/mol. The van der Waals surface area contributed by atoms with Gasteiger partial charge in [-0.2, -0.15) is 0 Å². The maximum absolute atomic E-state index is 13.2. The molecule has 4 rings (SSSR count).